The molecule has 5 nitrogen and oxygen atoms in total. The third kappa shape index (κ3) is 4.87. The highest BCUT2D eigenvalue weighted by Gasteiger charge is 2.30. The highest BCUT2D eigenvalue weighted by Crippen LogP contribution is 2.29. The molecule has 1 heterocycles. The summed E-state index contributed by atoms with van der Waals surface area (Å²) in [4.78, 5) is 24.5. The van der Waals surface area contributed by atoms with E-state index in [2.05, 4.69) is 0 Å². The third-order valence-corrected chi connectivity index (χ3v) is 3.98. The number of carbonyl (C=O) groups is 2. The molecule has 1 aromatic rings. The van der Waals surface area contributed by atoms with Gasteiger partial charge < -0.3 is 15.4 Å². The van der Waals surface area contributed by atoms with Crippen LogP contribution in [0.15, 0.2) is 24.3 Å². The zero-order valence-corrected chi connectivity index (χ0v) is 13.0. The van der Waals surface area contributed by atoms with E-state index < -0.39 is 29.7 Å². The fourth-order valence-corrected chi connectivity index (χ4v) is 2.62. The topological polar surface area (TPSA) is 72.6 Å². The monoisotopic (exact) mass is 344 g/mol. The van der Waals surface area contributed by atoms with E-state index in [4.69, 9.17) is 10.5 Å². The number of hydrogen-bond donors (Lipinski definition) is 1. The van der Waals surface area contributed by atoms with Gasteiger partial charge in [0.15, 0.2) is 0 Å². The van der Waals surface area contributed by atoms with Crippen LogP contribution in [0, 0.1) is 5.92 Å². The first-order valence-electron chi connectivity index (χ1n) is 7.64. The second-order valence-corrected chi connectivity index (χ2v) is 5.74. The number of primary amides is 1. The van der Waals surface area contributed by atoms with Crippen molar-refractivity contribution in [2.45, 2.75) is 25.4 Å². The molecule has 24 heavy (non-hydrogen) atoms. The lowest BCUT2D eigenvalue weighted by atomic mass is 9.98. The van der Waals surface area contributed by atoms with Crippen molar-refractivity contribution >= 4 is 12.0 Å². The molecule has 0 unspecified atom stereocenters. The van der Waals surface area contributed by atoms with Crippen LogP contribution in [-0.4, -0.2) is 36.6 Å². The molecule has 1 atom stereocenters. The van der Waals surface area contributed by atoms with Gasteiger partial charge in [-0.25, -0.2) is 4.79 Å². The number of hydrogen-bond acceptors (Lipinski definition) is 3. The molecule has 2 N–H and O–H groups in total. The van der Waals surface area contributed by atoms with E-state index in [-0.39, 0.29) is 13.2 Å². The van der Waals surface area contributed by atoms with Gasteiger partial charge >= 0.3 is 18.2 Å². The summed E-state index contributed by atoms with van der Waals surface area (Å²) in [6, 6.07) is 4.18. The van der Waals surface area contributed by atoms with E-state index in [9.17, 15) is 22.8 Å². The van der Waals surface area contributed by atoms with Gasteiger partial charge in [0.2, 0.25) is 0 Å². The first-order chi connectivity index (χ1) is 11.3. The number of nitrogens with two attached hydrogens (primary N) is 1. The Balaban J connectivity index is 1.79. The van der Waals surface area contributed by atoms with Crippen molar-refractivity contribution in [3.8, 4) is 0 Å². The molecule has 8 heteroatoms. The molecule has 0 radical (unpaired) electrons. The summed E-state index contributed by atoms with van der Waals surface area (Å²) in [7, 11) is 0. The Morgan fingerprint density at radius 2 is 1.92 bits per heavy atom. The first-order valence-corrected chi connectivity index (χ1v) is 7.64. The predicted molar refractivity (Wildman–Crippen MR) is 80.0 cm³/mol. The van der Waals surface area contributed by atoms with Crippen LogP contribution in [0.25, 0.3) is 0 Å². The molecule has 1 aromatic carbocycles. The number of alkyl halides is 3. The SMILES string of the molecule is NC(=O)N1CCC[C@@H](C(=O)OCCc2ccc(C(F)(F)F)cc2)C1. The molecule has 0 aromatic heterocycles. The van der Waals surface area contributed by atoms with Crippen LogP contribution >= 0.6 is 0 Å². The summed E-state index contributed by atoms with van der Waals surface area (Å²) in [6.07, 6.45) is -2.72. The summed E-state index contributed by atoms with van der Waals surface area (Å²) >= 11 is 0. The van der Waals surface area contributed by atoms with Crippen LogP contribution in [0.1, 0.15) is 24.0 Å². The normalized spacial score (nSPS) is 18.3. The number of urea groups is 1. The van der Waals surface area contributed by atoms with Gasteiger partial charge in [-0.15, -0.1) is 0 Å². The maximum absolute atomic E-state index is 12.5. The van der Waals surface area contributed by atoms with E-state index in [0.29, 0.717) is 31.4 Å². The lowest BCUT2D eigenvalue weighted by Crippen LogP contribution is -2.45. The second-order valence-electron chi connectivity index (χ2n) is 5.74. The van der Waals surface area contributed by atoms with Crippen molar-refractivity contribution < 1.29 is 27.5 Å². The summed E-state index contributed by atoms with van der Waals surface area (Å²) < 4.78 is 42.6. The van der Waals surface area contributed by atoms with Gasteiger partial charge in [-0.2, -0.15) is 13.2 Å². The van der Waals surface area contributed by atoms with Crippen LogP contribution < -0.4 is 5.73 Å². The molecule has 0 spiro atoms. The Morgan fingerprint density at radius 1 is 1.25 bits per heavy atom. The fraction of sp³-hybridized carbons (Fsp3) is 0.500. The highest BCUT2D eigenvalue weighted by molar-refractivity contribution is 5.76. The number of halogens is 3. The van der Waals surface area contributed by atoms with Gasteiger partial charge in [-0.05, 0) is 30.5 Å². The smallest absolute Gasteiger partial charge is 0.416 e. The van der Waals surface area contributed by atoms with Gasteiger partial charge in [-0.3, -0.25) is 4.79 Å². The molecule has 1 fully saturated rings. The quantitative estimate of drug-likeness (QED) is 0.853. The van der Waals surface area contributed by atoms with Crippen molar-refractivity contribution in [3.05, 3.63) is 35.4 Å². The molecule has 0 saturated carbocycles. The summed E-state index contributed by atoms with van der Waals surface area (Å²) in [6.45, 7) is 0.858. The molecule has 132 valence electrons. The fourth-order valence-electron chi connectivity index (χ4n) is 2.62. The molecule has 1 aliphatic rings. The standard InChI is InChI=1S/C16H19F3N2O3/c17-16(18,19)13-5-3-11(4-6-13)7-9-24-14(22)12-2-1-8-21(10-12)15(20)23/h3-6,12H,1-2,7-10H2,(H2,20,23)/t12-/m1/s1. The van der Waals surface area contributed by atoms with Crippen LogP contribution in [0.4, 0.5) is 18.0 Å². The zero-order valence-electron chi connectivity index (χ0n) is 13.0. The van der Waals surface area contributed by atoms with Gasteiger partial charge in [0.1, 0.15) is 0 Å². The molecule has 1 aliphatic heterocycles. The number of ether oxygens (including phenoxy) is 1. The first kappa shape index (κ1) is 18.1. The number of likely N-dealkylation sites (tertiary alicyclic amines) is 1. The number of benzene rings is 1. The Kier molecular flexibility index (Phi) is 5.69. The van der Waals surface area contributed by atoms with E-state index in [1.54, 1.807) is 0 Å². The maximum atomic E-state index is 12.5. The molecule has 2 rings (SSSR count). The predicted octanol–water partition coefficient (Wildman–Crippen LogP) is 2.58. The van der Waals surface area contributed by atoms with Crippen LogP contribution in [-0.2, 0) is 22.1 Å². The second kappa shape index (κ2) is 7.55. The number of carbonyl (C=O) groups excluding carboxylic acids is 2. The molecular formula is C16H19F3N2O3. The number of amides is 2. The average Bonchev–Trinajstić information content (AvgIpc) is 2.54. The van der Waals surface area contributed by atoms with Crippen molar-refractivity contribution in [2.75, 3.05) is 19.7 Å². The van der Waals surface area contributed by atoms with Crippen molar-refractivity contribution in [2.24, 2.45) is 11.7 Å². The summed E-state index contributed by atoms with van der Waals surface area (Å²) in [5.74, 6) is -0.813. The third-order valence-electron chi connectivity index (χ3n) is 3.98. The number of esters is 1. The van der Waals surface area contributed by atoms with E-state index in [0.717, 1.165) is 12.1 Å². The minimum atomic E-state index is -4.36. The average molecular weight is 344 g/mol. The van der Waals surface area contributed by atoms with Crippen molar-refractivity contribution in [3.63, 3.8) is 0 Å². The minimum absolute atomic E-state index is 0.0806. The molecule has 1 saturated heterocycles. The molecule has 2 amide bonds. The number of nitrogens with zero attached hydrogens (tertiary/aromatic N) is 1. The number of piperidine rings is 1. The maximum Gasteiger partial charge on any atom is 0.416 e. The number of rotatable bonds is 4. The van der Waals surface area contributed by atoms with Crippen molar-refractivity contribution in [1.29, 1.82) is 0 Å². The Labute approximate surface area is 137 Å². The Morgan fingerprint density at radius 3 is 2.50 bits per heavy atom. The Hall–Kier alpha value is -2.25. The minimum Gasteiger partial charge on any atom is -0.465 e. The zero-order chi connectivity index (χ0) is 17.7. The van der Waals surface area contributed by atoms with Gasteiger partial charge in [-0.1, -0.05) is 12.1 Å². The highest BCUT2D eigenvalue weighted by atomic mass is 19.4. The Bertz CT molecular complexity index is 587. The van der Waals surface area contributed by atoms with Crippen LogP contribution in [0.3, 0.4) is 0 Å². The lowest BCUT2D eigenvalue weighted by Gasteiger charge is -2.30. The van der Waals surface area contributed by atoms with Crippen LogP contribution in [0.5, 0.6) is 0 Å². The van der Waals surface area contributed by atoms with Crippen LogP contribution in [0.2, 0.25) is 0 Å². The molecule has 0 bridgehead atoms. The molecular weight excluding hydrogens is 325 g/mol. The molecule has 0 aliphatic carbocycles. The largest absolute Gasteiger partial charge is 0.465 e. The lowest BCUT2D eigenvalue weighted by molar-refractivity contribution is -0.149. The van der Waals surface area contributed by atoms with Gasteiger partial charge in [0.25, 0.3) is 0 Å². The van der Waals surface area contributed by atoms with Gasteiger partial charge in [0.05, 0.1) is 18.1 Å². The summed E-state index contributed by atoms with van der Waals surface area (Å²) in [5, 5.41) is 0. The van der Waals surface area contributed by atoms with E-state index >= 15 is 0 Å². The van der Waals surface area contributed by atoms with E-state index in [1.165, 1.54) is 17.0 Å². The van der Waals surface area contributed by atoms with Crippen molar-refractivity contribution in [1.82, 2.24) is 4.90 Å². The van der Waals surface area contributed by atoms with E-state index in [1.807, 2.05) is 0 Å². The summed E-state index contributed by atoms with van der Waals surface area (Å²) in [5.41, 5.74) is 5.14. The van der Waals surface area contributed by atoms with Gasteiger partial charge in [0, 0.05) is 19.5 Å².